The Bertz CT molecular complexity index is 1080. The van der Waals surface area contributed by atoms with Crippen LogP contribution in [-0.4, -0.2) is 76.4 Å². The zero-order valence-corrected chi connectivity index (χ0v) is 21.2. The molecule has 1 aliphatic heterocycles. The maximum atomic E-state index is 13.1. The van der Waals surface area contributed by atoms with Crippen molar-refractivity contribution in [3.63, 3.8) is 0 Å². The third-order valence-electron chi connectivity index (χ3n) is 6.03. The summed E-state index contributed by atoms with van der Waals surface area (Å²) in [6.45, 7) is 1.27. The SMILES string of the molecule is CSC[C@H](NC(C)=O)C(=O)N1C[C@H](O)C[C@H]1C(=O)N[C@H](Cc1ccc(-c2ccccc2)cc1)C(N)=O. The molecule has 0 radical (unpaired) electrons. The molecule has 4 amide bonds. The number of primary amides is 1. The Balaban J connectivity index is 1.70. The number of rotatable bonds is 10. The van der Waals surface area contributed by atoms with Gasteiger partial charge in [0.05, 0.1) is 6.10 Å². The second-order valence-corrected chi connectivity index (χ2v) is 9.75. The van der Waals surface area contributed by atoms with Gasteiger partial charge in [-0.25, -0.2) is 0 Å². The first-order chi connectivity index (χ1) is 17.2. The molecule has 2 aromatic carbocycles. The number of nitrogens with one attached hydrogen (secondary N) is 2. The Kier molecular flexibility index (Phi) is 9.49. The molecule has 9 nitrogen and oxygen atoms in total. The largest absolute Gasteiger partial charge is 0.391 e. The van der Waals surface area contributed by atoms with Crippen molar-refractivity contribution >= 4 is 35.4 Å². The molecule has 0 aromatic heterocycles. The van der Waals surface area contributed by atoms with Crippen LogP contribution in [-0.2, 0) is 25.6 Å². The van der Waals surface area contributed by atoms with Gasteiger partial charge in [0.2, 0.25) is 23.6 Å². The van der Waals surface area contributed by atoms with Crippen LogP contribution in [0, 0.1) is 0 Å². The van der Waals surface area contributed by atoms with Crippen molar-refractivity contribution in [1.82, 2.24) is 15.5 Å². The van der Waals surface area contributed by atoms with Gasteiger partial charge in [0, 0.05) is 32.1 Å². The van der Waals surface area contributed by atoms with Crippen molar-refractivity contribution in [2.45, 2.75) is 44.0 Å². The molecule has 2 aromatic rings. The fraction of sp³-hybridized carbons (Fsp3) is 0.385. The van der Waals surface area contributed by atoms with E-state index in [1.807, 2.05) is 54.6 Å². The molecule has 1 heterocycles. The molecule has 0 unspecified atom stereocenters. The summed E-state index contributed by atoms with van der Waals surface area (Å²) in [6.07, 6.45) is 1.12. The molecule has 5 N–H and O–H groups in total. The van der Waals surface area contributed by atoms with E-state index in [1.165, 1.54) is 23.6 Å². The molecule has 0 bridgehead atoms. The average molecular weight is 513 g/mol. The minimum atomic E-state index is -0.993. The van der Waals surface area contributed by atoms with Gasteiger partial charge in [0.15, 0.2) is 0 Å². The van der Waals surface area contributed by atoms with Gasteiger partial charge in [-0.15, -0.1) is 0 Å². The molecular formula is C26H32N4O5S. The van der Waals surface area contributed by atoms with Crippen LogP contribution < -0.4 is 16.4 Å². The van der Waals surface area contributed by atoms with E-state index in [-0.39, 0.29) is 25.3 Å². The molecule has 4 atom stereocenters. The number of carbonyl (C=O) groups is 4. The number of nitrogens with two attached hydrogens (primary N) is 1. The highest BCUT2D eigenvalue weighted by Crippen LogP contribution is 2.22. The predicted octanol–water partition coefficient (Wildman–Crippen LogP) is 0.696. The zero-order valence-electron chi connectivity index (χ0n) is 20.3. The number of amides is 4. The van der Waals surface area contributed by atoms with Crippen LogP contribution in [0.5, 0.6) is 0 Å². The molecule has 1 saturated heterocycles. The summed E-state index contributed by atoms with van der Waals surface area (Å²) in [7, 11) is 0. The Labute approximate surface area is 214 Å². The Morgan fingerprint density at radius 3 is 2.25 bits per heavy atom. The molecule has 0 spiro atoms. The molecule has 3 rings (SSSR count). The molecule has 1 fully saturated rings. The maximum Gasteiger partial charge on any atom is 0.246 e. The zero-order chi connectivity index (χ0) is 26.2. The van der Waals surface area contributed by atoms with Gasteiger partial charge in [0.1, 0.15) is 18.1 Å². The molecule has 10 heteroatoms. The first kappa shape index (κ1) is 27.2. The molecular weight excluding hydrogens is 480 g/mol. The average Bonchev–Trinajstić information content (AvgIpc) is 3.25. The number of benzene rings is 2. The van der Waals surface area contributed by atoms with E-state index in [9.17, 15) is 24.3 Å². The van der Waals surface area contributed by atoms with Crippen molar-refractivity contribution in [2.24, 2.45) is 5.73 Å². The monoisotopic (exact) mass is 512 g/mol. The first-order valence-corrected chi connectivity index (χ1v) is 13.1. The van der Waals surface area contributed by atoms with Gasteiger partial charge < -0.3 is 26.4 Å². The lowest BCUT2D eigenvalue weighted by Crippen LogP contribution is -2.56. The molecule has 1 aliphatic rings. The van der Waals surface area contributed by atoms with Crippen LogP contribution in [0.25, 0.3) is 11.1 Å². The van der Waals surface area contributed by atoms with Crippen LogP contribution >= 0.6 is 11.8 Å². The first-order valence-electron chi connectivity index (χ1n) is 11.7. The summed E-state index contributed by atoms with van der Waals surface area (Å²) < 4.78 is 0. The van der Waals surface area contributed by atoms with Gasteiger partial charge >= 0.3 is 0 Å². The third-order valence-corrected chi connectivity index (χ3v) is 6.70. The van der Waals surface area contributed by atoms with Crippen LogP contribution in [0.1, 0.15) is 18.9 Å². The quantitative estimate of drug-likeness (QED) is 0.369. The van der Waals surface area contributed by atoms with E-state index >= 15 is 0 Å². The van der Waals surface area contributed by atoms with Crippen LogP contribution in [0.2, 0.25) is 0 Å². The molecule has 192 valence electrons. The number of thioether (sulfide) groups is 1. The van der Waals surface area contributed by atoms with Crippen molar-refractivity contribution in [2.75, 3.05) is 18.6 Å². The van der Waals surface area contributed by atoms with Crippen molar-refractivity contribution in [3.05, 3.63) is 60.2 Å². The van der Waals surface area contributed by atoms with Crippen LogP contribution in [0.3, 0.4) is 0 Å². The Morgan fingerprint density at radius 1 is 1.03 bits per heavy atom. The van der Waals surface area contributed by atoms with Crippen molar-refractivity contribution in [1.29, 1.82) is 0 Å². The van der Waals surface area contributed by atoms with Gasteiger partial charge in [-0.3, -0.25) is 19.2 Å². The topological polar surface area (TPSA) is 142 Å². The highest BCUT2D eigenvalue weighted by atomic mass is 32.2. The van der Waals surface area contributed by atoms with E-state index in [2.05, 4.69) is 10.6 Å². The van der Waals surface area contributed by atoms with Gasteiger partial charge in [-0.2, -0.15) is 11.8 Å². The maximum absolute atomic E-state index is 13.1. The molecule has 36 heavy (non-hydrogen) atoms. The number of aliphatic hydroxyl groups is 1. The van der Waals surface area contributed by atoms with Crippen molar-refractivity contribution in [3.8, 4) is 11.1 Å². The lowest BCUT2D eigenvalue weighted by Gasteiger charge is -2.29. The lowest BCUT2D eigenvalue weighted by atomic mass is 10.00. The minimum absolute atomic E-state index is 0.0287. The molecule has 0 saturated carbocycles. The number of hydrogen-bond donors (Lipinski definition) is 4. The lowest BCUT2D eigenvalue weighted by molar-refractivity contribution is -0.141. The number of β-amino-alcohol motifs (C(OH)–C–C–N with tert-alkyl or cyclic N) is 1. The number of likely N-dealkylation sites (tertiary alicyclic amines) is 1. The minimum Gasteiger partial charge on any atom is -0.391 e. The predicted molar refractivity (Wildman–Crippen MR) is 139 cm³/mol. The summed E-state index contributed by atoms with van der Waals surface area (Å²) in [5, 5.41) is 15.5. The Morgan fingerprint density at radius 2 is 1.67 bits per heavy atom. The number of hydrogen-bond acceptors (Lipinski definition) is 6. The van der Waals surface area contributed by atoms with Crippen LogP contribution in [0.4, 0.5) is 0 Å². The van der Waals surface area contributed by atoms with E-state index in [0.717, 1.165) is 16.7 Å². The third kappa shape index (κ3) is 7.08. The van der Waals surface area contributed by atoms with Crippen molar-refractivity contribution < 1.29 is 24.3 Å². The van der Waals surface area contributed by atoms with Gasteiger partial charge in [-0.05, 0) is 22.9 Å². The van der Waals surface area contributed by atoms with E-state index < -0.39 is 42.0 Å². The summed E-state index contributed by atoms with van der Waals surface area (Å²) in [4.78, 5) is 51.2. The number of carbonyl (C=O) groups excluding carboxylic acids is 4. The van der Waals surface area contributed by atoms with E-state index in [0.29, 0.717) is 5.75 Å². The Hall–Kier alpha value is -3.37. The van der Waals surface area contributed by atoms with E-state index in [4.69, 9.17) is 5.73 Å². The standard InChI is InChI=1S/C26H32N4O5S/c1-16(31)28-22(15-36-2)26(35)30-14-20(32)13-23(30)25(34)29-21(24(27)33)12-17-8-10-19(11-9-17)18-6-4-3-5-7-18/h3-11,20-23,32H,12-15H2,1-2H3,(H2,27,33)(H,28,31)(H,29,34)/t20-,21-,22+,23+/m1/s1. The summed E-state index contributed by atoms with van der Waals surface area (Å²) in [5.74, 6) is -1.78. The summed E-state index contributed by atoms with van der Waals surface area (Å²) in [6, 6.07) is 14.7. The van der Waals surface area contributed by atoms with Gasteiger partial charge in [0.25, 0.3) is 0 Å². The van der Waals surface area contributed by atoms with Gasteiger partial charge in [-0.1, -0.05) is 54.6 Å². The number of nitrogens with zero attached hydrogens (tertiary/aromatic N) is 1. The van der Waals surface area contributed by atoms with E-state index in [1.54, 1.807) is 6.26 Å². The molecule has 0 aliphatic carbocycles. The highest BCUT2D eigenvalue weighted by molar-refractivity contribution is 7.98. The second kappa shape index (κ2) is 12.5. The number of aliphatic hydroxyl groups excluding tert-OH is 1. The second-order valence-electron chi connectivity index (χ2n) is 8.83. The summed E-state index contributed by atoms with van der Waals surface area (Å²) >= 11 is 1.38. The normalized spacial score (nSPS) is 18.8. The fourth-order valence-corrected chi connectivity index (χ4v) is 4.84. The summed E-state index contributed by atoms with van der Waals surface area (Å²) in [5.41, 5.74) is 8.47. The smallest absolute Gasteiger partial charge is 0.246 e. The fourth-order valence-electron chi connectivity index (χ4n) is 4.28. The van der Waals surface area contributed by atoms with Crippen LogP contribution in [0.15, 0.2) is 54.6 Å². The highest BCUT2D eigenvalue weighted by Gasteiger charge is 2.42.